The normalized spacial score (nSPS) is 9.64. The van der Waals surface area contributed by atoms with E-state index in [1.807, 2.05) is 0 Å². The summed E-state index contributed by atoms with van der Waals surface area (Å²) in [7, 11) is 5.13. The van der Waals surface area contributed by atoms with E-state index in [2.05, 4.69) is 20.9 Å². The fraction of sp³-hybridized carbons (Fsp3) is 0.375. The highest BCUT2D eigenvalue weighted by atomic mass is 16.4. The molecule has 6 heteroatoms. The molecule has 1 heterocycles. The van der Waals surface area contributed by atoms with Gasteiger partial charge in [0.1, 0.15) is 11.5 Å². The molecule has 0 unspecified atom stereocenters. The number of carboxylic acids is 1. The molecule has 0 bridgehead atoms. The molecule has 0 radical (unpaired) electrons. The molecule has 0 amide bonds. The lowest BCUT2D eigenvalue weighted by molar-refractivity contribution is 0.0692. The lowest BCUT2D eigenvalue weighted by Gasteiger charge is -2.05. The molecule has 6 nitrogen and oxygen atoms in total. The van der Waals surface area contributed by atoms with Crippen molar-refractivity contribution in [1.29, 1.82) is 0 Å². The number of hydrogen-bond acceptors (Lipinski definition) is 4. The quantitative estimate of drug-likeness (QED) is 0.494. The molecule has 0 atom stereocenters. The van der Waals surface area contributed by atoms with E-state index in [0.29, 0.717) is 17.2 Å². The standard InChI is InChI=1S/C8H14N4O2/c1-9-4-5(10-2)7(11-3)12-6(4)8(13)14/h9-12H,1-3H3,(H,13,14). The molecule has 78 valence electrons. The van der Waals surface area contributed by atoms with Crippen molar-refractivity contribution in [3.05, 3.63) is 5.69 Å². The van der Waals surface area contributed by atoms with Gasteiger partial charge in [0.25, 0.3) is 0 Å². The van der Waals surface area contributed by atoms with E-state index in [9.17, 15) is 4.79 Å². The predicted molar refractivity (Wildman–Crippen MR) is 56.4 cm³/mol. The van der Waals surface area contributed by atoms with Crippen molar-refractivity contribution >= 4 is 23.2 Å². The van der Waals surface area contributed by atoms with Gasteiger partial charge in [0.05, 0.1) is 5.69 Å². The van der Waals surface area contributed by atoms with Gasteiger partial charge in [-0.05, 0) is 0 Å². The molecule has 5 N–H and O–H groups in total. The number of carbonyl (C=O) groups is 1. The molecule has 0 fully saturated rings. The highest BCUT2D eigenvalue weighted by Crippen LogP contribution is 2.33. The molecule has 1 aromatic heterocycles. The Morgan fingerprint density at radius 1 is 1.14 bits per heavy atom. The molecule has 0 saturated heterocycles. The van der Waals surface area contributed by atoms with Gasteiger partial charge < -0.3 is 26.0 Å². The largest absolute Gasteiger partial charge is 0.477 e. The zero-order valence-corrected chi connectivity index (χ0v) is 8.36. The first kappa shape index (κ1) is 10.2. The fourth-order valence-electron chi connectivity index (χ4n) is 1.35. The third-order valence-electron chi connectivity index (χ3n) is 1.96. The molecule has 0 saturated carbocycles. The summed E-state index contributed by atoms with van der Waals surface area (Å²) in [4.78, 5) is 13.6. The first-order valence-electron chi connectivity index (χ1n) is 4.18. The maximum atomic E-state index is 10.9. The summed E-state index contributed by atoms with van der Waals surface area (Å²) in [6.45, 7) is 0. The van der Waals surface area contributed by atoms with Gasteiger partial charge in [0.15, 0.2) is 5.69 Å². The first-order chi connectivity index (χ1) is 6.65. The molecule has 0 spiro atoms. The molecule has 0 aliphatic rings. The number of aromatic amines is 1. The van der Waals surface area contributed by atoms with Crippen LogP contribution in [0.4, 0.5) is 17.2 Å². The van der Waals surface area contributed by atoms with Crippen molar-refractivity contribution in [3.63, 3.8) is 0 Å². The van der Waals surface area contributed by atoms with Crippen LogP contribution in [-0.4, -0.2) is 37.2 Å². The van der Waals surface area contributed by atoms with Crippen LogP contribution in [0, 0.1) is 0 Å². The topological polar surface area (TPSA) is 89.2 Å². The minimum atomic E-state index is -0.993. The van der Waals surface area contributed by atoms with E-state index in [1.165, 1.54) is 0 Å². The summed E-state index contributed by atoms with van der Waals surface area (Å²) >= 11 is 0. The van der Waals surface area contributed by atoms with Crippen molar-refractivity contribution in [2.75, 3.05) is 37.1 Å². The monoisotopic (exact) mass is 198 g/mol. The van der Waals surface area contributed by atoms with Crippen molar-refractivity contribution in [2.24, 2.45) is 0 Å². The average Bonchev–Trinajstić information content (AvgIpc) is 2.54. The van der Waals surface area contributed by atoms with Gasteiger partial charge in [0, 0.05) is 21.1 Å². The van der Waals surface area contributed by atoms with Gasteiger partial charge in [-0.3, -0.25) is 0 Å². The van der Waals surface area contributed by atoms with E-state index in [4.69, 9.17) is 5.11 Å². The lowest BCUT2D eigenvalue weighted by Crippen LogP contribution is -2.02. The van der Waals surface area contributed by atoms with Crippen LogP contribution in [0.25, 0.3) is 0 Å². The van der Waals surface area contributed by atoms with Crippen molar-refractivity contribution in [1.82, 2.24) is 4.98 Å². The molecule has 0 aliphatic heterocycles. The fourth-order valence-corrected chi connectivity index (χ4v) is 1.35. The Bertz CT molecular complexity index is 345. The molecular weight excluding hydrogens is 184 g/mol. The Labute approximate surface area is 81.7 Å². The first-order valence-corrected chi connectivity index (χ1v) is 4.18. The van der Waals surface area contributed by atoms with Crippen molar-refractivity contribution in [2.45, 2.75) is 0 Å². The van der Waals surface area contributed by atoms with Crippen molar-refractivity contribution < 1.29 is 9.90 Å². The van der Waals surface area contributed by atoms with Crippen LogP contribution in [0.3, 0.4) is 0 Å². The summed E-state index contributed by atoms with van der Waals surface area (Å²) in [5.41, 5.74) is 1.40. The Morgan fingerprint density at radius 2 is 1.71 bits per heavy atom. The zero-order valence-electron chi connectivity index (χ0n) is 8.36. The Balaban J connectivity index is 3.31. The third kappa shape index (κ3) is 1.46. The summed E-state index contributed by atoms with van der Waals surface area (Å²) in [6.07, 6.45) is 0. The second-order valence-corrected chi connectivity index (χ2v) is 2.68. The molecule has 1 aromatic rings. The Morgan fingerprint density at radius 3 is 2.07 bits per heavy atom. The van der Waals surface area contributed by atoms with Gasteiger partial charge in [-0.15, -0.1) is 0 Å². The second kappa shape index (κ2) is 3.91. The second-order valence-electron chi connectivity index (χ2n) is 2.68. The smallest absolute Gasteiger partial charge is 0.354 e. The summed E-state index contributed by atoms with van der Waals surface area (Å²) < 4.78 is 0. The van der Waals surface area contributed by atoms with Crippen LogP contribution in [0.15, 0.2) is 0 Å². The number of aromatic nitrogens is 1. The highest BCUT2D eigenvalue weighted by molar-refractivity contribution is 6.00. The third-order valence-corrected chi connectivity index (χ3v) is 1.96. The number of carboxylic acid groups (broad SMARTS) is 1. The lowest BCUT2D eigenvalue weighted by atomic mass is 10.3. The molecule has 1 rings (SSSR count). The number of H-pyrrole nitrogens is 1. The van der Waals surface area contributed by atoms with E-state index in [-0.39, 0.29) is 5.69 Å². The van der Waals surface area contributed by atoms with E-state index in [1.54, 1.807) is 21.1 Å². The van der Waals surface area contributed by atoms with Crippen LogP contribution in [0.2, 0.25) is 0 Å². The number of aromatic carboxylic acids is 1. The summed E-state index contributed by atoms with van der Waals surface area (Å²) in [5, 5.41) is 17.5. The molecule has 0 aromatic carbocycles. The van der Waals surface area contributed by atoms with Crippen LogP contribution >= 0.6 is 0 Å². The van der Waals surface area contributed by atoms with E-state index >= 15 is 0 Å². The predicted octanol–water partition coefficient (Wildman–Crippen LogP) is 0.838. The van der Waals surface area contributed by atoms with Gasteiger partial charge in [0.2, 0.25) is 0 Å². The zero-order chi connectivity index (χ0) is 10.7. The van der Waals surface area contributed by atoms with E-state index < -0.39 is 5.97 Å². The van der Waals surface area contributed by atoms with Crippen molar-refractivity contribution in [3.8, 4) is 0 Å². The number of nitrogens with one attached hydrogen (secondary N) is 4. The number of rotatable bonds is 4. The van der Waals surface area contributed by atoms with Crippen LogP contribution in [0.5, 0.6) is 0 Å². The van der Waals surface area contributed by atoms with E-state index in [0.717, 1.165) is 0 Å². The maximum absolute atomic E-state index is 10.9. The Hall–Kier alpha value is -1.85. The summed E-state index contributed by atoms with van der Waals surface area (Å²) in [6, 6.07) is 0. The minimum Gasteiger partial charge on any atom is -0.477 e. The van der Waals surface area contributed by atoms with Crippen LogP contribution in [0.1, 0.15) is 10.5 Å². The van der Waals surface area contributed by atoms with Gasteiger partial charge in [-0.1, -0.05) is 0 Å². The summed E-state index contributed by atoms with van der Waals surface area (Å²) in [5.74, 6) is -0.346. The Kier molecular flexibility index (Phi) is 2.85. The van der Waals surface area contributed by atoms with Crippen LogP contribution < -0.4 is 16.0 Å². The number of anilines is 3. The molecule has 0 aliphatic carbocycles. The van der Waals surface area contributed by atoms with Gasteiger partial charge in [-0.25, -0.2) is 4.79 Å². The maximum Gasteiger partial charge on any atom is 0.354 e. The minimum absolute atomic E-state index is 0.140. The SMILES string of the molecule is CNc1[nH]c(C(=O)O)c(NC)c1NC. The molecule has 14 heavy (non-hydrogen) atoms. The highest BCUT2D eigenvalue weighted by Gasteiger charge is 2.19. The van der Waals surface area contributed by atoms with Gasteiger partial charge >= 0.3 is 5.97 Å². The average molecular weight is 198 g/mol. The molecular formula is C8H14N4O2. The van der Waals surface area contributed by atoms with Crippen LogP contribution in [-0.2, 0) is 0 Å². The number of hydrogen-bond donors (Lipinski definition) is 5. The van der Waals surface area contributed by atoms with Gasteiger partial charge in [-0.2, -0.15) is 0 Å².